The van der Waals surface area contributed by atoms with Gasteiger partial charge < -0.3 is 0 Å². The Morgan fingerprint density at radius 1 is 1.50 bits per heavy atom. The molecule has 0 amide bonds. The molecule has 0 bridgehead atoms. The van der Waals surface area contributed by atoms with Crippen molar-refractivity contribution in [2.45, 2.75) is 20.8 Å². The van der Waals surface area contributed by atoms with Gasteiger partial charge in [-0.15, -0.1) is 0 Å². The maximum Gasteiger partial charge on any atom is 0.333 e. The van der Waals surface area contributed by atoms with E-state index in [1.54, 1.807) is 4.90 Å². The molecule has 1 rings (SSSR count). The largest absolute Gasteiger partial charge is 0.333 e. The van der Waals surface area contributed by atoms with Gasteiger partial charge in [-0.05, 0) is 13.8 Å². The van der Waals surface area contributed by atoms with E-state index in [1.807, 2.05) is 0 Å². The van der Waals surface area contributed by atoms with Crippen LogP contribution < -0.4 is 4.90 Å². The summed E-state index contributed by atoms with van der Waals surface area (Å²) in [5.41, 5.74) is 0. The van der Waals surface area contributed by atoms with Crippen molar-refractivity contribution in [2.24, 2.45) is 0 Å². The van der Waals surface area contributed by atoms with E-state index in [1.165, 1.54) is 32.0 Å². The van der Waals surface area contributed by atoms with Gasteiger partial charge in [-0.2, -0.15) is 4.58 Å². The van der Waals surface area contributed by atoms with Crippen molar-refractivity contribution in [1.82, 2.24) is 0 Å². The molecule has 0 aromatic rings. The monoisotopic (exact) mass is 142 g/mol. The first kappa shape index (κ1) is 7.73. The molecule has 1 N–H and O–H groups in total. The standard InChI is InChI=1S/C8H17N2/c1-4-9-6-7-10(5-2)8(9)3/h4-7H2,1-3H3/q+1/p+1. The summed E-state index contributed by atoms with van der Waals surface area (Å²) in [7, 11) is 0. The molecular weight excluding hydrogens is 124 g/mol. The fourth-order valence-electron chi connectivity index (χ4n) is 1.67. The summed E-state index contributed by atoms with van der Waals surface area (Å²) in [4.78, 5) is 1.65. The lowest BCUT2D eigenvalue weighted by Crippen LogP contribution is -3.12. The van der Waals surface area contributed by atoms with Crippen molar-refractivity contribution >= 4 is 5.84 Å². The Morgan fingerprint density at radius 2 is 2.20 bits per heavy atom. The molecule has 0 radical (unpaired) electrons. The van der Waals surface area contributed by atoms with Gasteiger partial charge in [0.2, 0.25) is 0 Å². The Kier molecular flexibility index (Phi) is 2.44. The number of nitrogens with zero attached hydrogens (tertiary/aromatic N) is 1. The van der Waals surface area contributed by atoms with Crippen LogP contribution in [0.25, 0.3) is 0 Å². The average Bonchev–Trinajstić information content (AvgIpc) is 2.30. The lowest BCUT2D eigenvalue weighted by molar-refractivity contribution is -0.799. The minimum absolute atomic E-state index is 1.18. The summed E-state index contributed by atoms with van der Waals surface area (Å²) in [6.07, 6.45) is 0. The molecular formula is C8H18N2+2. The van der Waals surface area contributed by atoms with E-state index < -0.39 is 0 Å². The second-order valence-corrected chi connectivity index (χ2v) is 2.87. The Morgan fingerprint density at radius 3 is 2.50 bits per heavy atom. The normalized spacial score (nSPS) is 26.1. The number of likely N-dealkylation sites (N-methyl/N-ethyl adjacent to an activating group) is 2. The van der Waals surface area contributed by atoms with Crippen molar-refractivity contribution in [3.8, 4) is 0 Å². The molecule has 10 heavy (non-hydrogen) atoms. The summed E-state index contributed by atoms with van der Waals surface area (Å²) >= 11 is 0. The van der Waals surface area contributed by atoms with Crippen molar-refractivity contribution in [1.29, 1.82) is 0 Å². The Bertz CT molecular complexity index is 149. The van der Waals surface area contributed by atoms with Gasteiger partial charge in [-0.25, -0.2) is 4.90 Å². The van der Waals surface area contributed by atoms with E-state index in [-0.39, 0.29) is 0 Å². The van der Waals surface area contributed by atoms with Crippen LogP contribution in [0.1, 0.15) is 20.8 Å². The smallest absolute Gasteiger partial charge is 0.247 e. The van der Waals surface area contributed by atoms with Crippen LogP contribution >= 0.6 is 0 Å². The third-order valence-corrected chi connectivity index (χ3v) is 2.48. The molecule has 1 aliphatic rings. The van der Waals surface area contributed by atoms with Gasteiger partial charge in [0, 0.05) is 0 Å². The molecule has 1 atom stereocenters. The summed E-state index contributed by atoms with van der Waals surface area (Å²) in [5, 5.41) is 0. The maximum atomic E-state index is 2.46. The lowest BCUT2D eigenvalue weighted by atomic mass is 10.5. The first-order valence-electron chi connectivity index (χ1n) is 4.23. The van der Waals surface area contributed by atoms with Gasteiger partial charge in [0.15, 0.2) is 6.54 Å². The minimum Gasteiger partial charge on any atom is -0.247 e. The van der Waals surface area contributed by atoms with Crippen LogP contribution in [0.3, 0.4) is 0 Å². The molecule has 0 aromatic heterocycles. The summed E-state index contributed by atoms with van der Waals surface area (Å²) in [6, 6.07) is 0. The number of amidine groups is 1. The maximum absolute atomic E-state index is 2.46. The van der Waals surface area contributed by atoms with Gasteiger partial charge >= 0.3 is 5.84 Å². The highest BCUT2D eigenvalue weighted by atomic mass is 15.3. The molecule has 2 nitrogen and oxygen atoms in total. The molecule has 2 heteroatoms. The highest BCUT2D eigenvalue weighted by Crippen LogP contribution is 1.80. The van der Waals surface area contributed by atoms with Gasteiger partial charge in [-0.1, -0.05) is 0 Å². The second-order valence-electron chi connectivity index (χ2n) is 2.87. The van der Waals surface area contributed by atoms with Crippen molar-refractivity contribution in [3.05, 3.63) is 0 Å². The Hall–Kier alpha value is -0.370. The summed E-state index contributed by atoms with van der Waals surface area (Å²) < 4.78 is 2.46. The van der Waals surface area contributed by atoms with Crippen LogP contribution in [0, 0.1) is 0 Å². The van der Waals surface area contributed by atoms with Crippen LogP contribution in [0.4, 0.5) is 0 Å². The van der Waals surface area contributed by atoms with E-state index in [4.69, 9.17) is 0 Å². The molecule has 0 aliphatic carbocycles. The predicted molar refractivity (Wildman–Crippen MR) is 42.7 cm³/mol. The highest BCUT2D eigenvalue weighted by Gasteiger charge is 2.28. The van der Waals surface area contributed by atoms with Crippen molar-refractivity contribution in [2.75, 3.05) is 26.2 Å². The topological polar surface area (TPSA) is 7.45 Å². The Labute approximate surface area is 63.2 Å². The summed E-state index contributed by atoms with van der Waals surface area (Å²) in [6.45, 7) is 11.7. The van der Waals surface area contributed by atoms with Crippen molar-refractivity contribution < 1.29 is 9.48 Å². The molecule has 0 aromatic carbocycles. The molecule has 0 fully saturated rings. The minimum atomic E-state index is 1.18. The number of nitrogens with one attached hydrogen (secondary N) is 1. The van der Waals surface area contributed by atoms with E-state index >= 15 is 0 Å². The molecule has 1 aliphatic heterocycles. The number of hydrogen-bond donors (Lipinski definition) is 1. The lowest BCUT2D eigenvalue weighted by Gasteiger charge is -2.02. The molecule has 58 valence electrons. The van der Waals surface area contributed by atoms with Crippen LogP contribution in [-0.2, 0) is 0 Å². The zero-order chi connectivity index (χ0) is 7.56. The quantitative estimate of drug-likeness (QED) is 0.490. The van der Waals surface area contributed by atoms with Crippen LogP contribution in [-0.4, -0.2) is 36.6 Å². The molecule has 1 heterocycles. The number of hydrogen-bond acceptors (Lipinski definition) is 0. The molecule has 0 spiro atoms. The van der Waals surface area contributed by atoms with Gasteiger partial charge in [-0.3, -0.25) is 0 Å². The number of rotatable bonds is 2. The van der Waals surface area contributed by atoms with Crippen LogP contribution in [0.15, 0.2) is 0 Å². The molecule has 0 saturated carbocycles. The fraction of sp³-hybridized carbons (Fsp3) is 0.875. The number of quaternary nitrogens is 1. The molecule has 0 saturated heterocycles. The van der Waals surface area contributed by atoms with E-state index in [2.05, 4.69) is 25.3 Å². The zero-order valence-corrected chi connectivity index (χ0v) is 7.28. The second kappa shape index (κ2) is 3.15. The van der Waals surface area contributed by atoms with Crippen LogP contribution in [0.2, 0.25) is 0 Å². The van der Waals surface area contributed by atoms with Gasteiger partial charge in [0.25, 0.3) is 0 Å². The van der Waals surface area contributed by atoms with Crippen molar-refractivity contribution in [3.63, 3.8) is 0 Å². The fourth-order valence-corrected chi connectivity index (χ4v) is 1.67. The van der Waals surface area contributed by atoms with Gasteiger partial charge in [0.1, 0.15) is 13.1 Å². The summed E-state index contributed by atoms with van der Waals surface area (Å²) in [5.74, 6) is 1.53. The zero-order valence-electron chi connectivity index (χ0n) is 7.28. The third-order valence-electron chi connectivity index (χ3n) is 2.48. The van der Waals surface area contributed by atoms with E-state index in [0.29, 0.717) is 0 Å². The van der Waals surface area contributed by atoms with Gasteiger partial charge in [0.05, 0.1) is 13.5 Å². The molecule has 1 unspecified atom stereocenters. The van der Waals surface area contributed by atoms with E-state index in [0.717, 1.165) is 0 Å². The third kappa shape index (κ3) is 1.21. The highest BCUT2D eigenvalue weighted by molar-refractivity contribution is 5.65. The Balaban J connectivity index is 2.63. The van der Waals surface area contributed by atoms with Crippen LogP contribution in [0.5, 0.6) is 0 Å². The first-order valence-corrected chi connectivity index (χ1v) is 4.23. The average molecular weight is 142 g/mol. The van der Waals surface area contributed by atoms with E-state index in [9.17, 15) is 0 Å². The SMILES string of the molecule is CC[N+]1=C(C)[NH+](CC)CC1. The first-order chi connectivity index (χ1) is 4.79. The predicted octanol–water partition coefficient (Wildman–Crippen LogP) is -0.644.